The molecule has 0 aromatic heterocycles. The lowest BCUT2D eigenvalue weighted by Crippen LogP contribution is -2.58. The van der Waals surface area contributed by atoms with Gasteiger partial charge in [0.1, 0.15) is 0 Å². The second-order valence-electron chi connectivity index (χ2n) is 8.19. The SMILES string of the molecule is CC(C)N1CC[C@@H](C(=O)N2CCN(C(C)(C)C(C)C)CC2)C1. The molecule has 2 heterocycles. The van der Waals surface area contributed by atoms with Crippen molar-refractivity contribution >= 4 is 5.91 Å². The van der Waals surface area contributed by atoms with Crippen LogP contribution in [-0.2, 0) is 4.79 Å². The molecule has 1 atom stereocenters. The maximum atomic E-state index is 12.7. The van der Waals surface area contributed by atoms with Crippen molar-refractivity contribution in [2.45, 2.75) is 59.5 Å². The van der Waals surface area contributed by atoms with Crippen LogP contribution < -0.4 is 0 Å². The second kappa shape index (κ2) is 6.88. The number of carbonyl (C=O) groups is 1. The van der Waals surface area contributed by atoms with Crippen molar-refractivity contribution < 1.29 is 4.79 Å². The lowest BCUT2D eigenvalue weighted by Gasteiger charge is -2.46. The van der Waals surface area contributed by atoms with Crippen LogP contribution >= 0.6 is 0 Å². The van der Waals surface area contributed by atoms with Crippen molar-refractivity contribution in [1.29, 1.82) is 0 Å². The lowest BCUT2D eigenvalue weighted by molar-refractivity contribution is -0.138. The Hall–Kier alpha value is -0.610. The third-order valence-electron chi connectivity index (χ3n) is 6.12. The molecule has 22 heavy (non-hydrogen) atoms. The predicted octanol–water partition coefficient (Wildman–Crippen LogP) is 2.30. The van der Waals surface area contributed by atoms with Crippen molar-refractivity contribution in [2.75, 3.05) is 39.3 Å². The van der Waals surface area contributed by atoms with Gasteiger partial charge in [0.25, 0.3) is 0 Å². The van der Waals surface area contributed by atoms with E-state index >= 15 is 0 Å². The smallest absolute Gasteiger partial charge is 0.227 e. The largest absolute Gasteiger partial charge is 0.340 e. The summed E-state index contributed by atoms with van der Waals surface area (Å²) >= 11 is 0. The second-order valence-corrected chi connectivity index (χ2v) is 8.19. The number of nitrogens with zero attached hydrogens (tertiary/aromatic N) is 3. The monoisotopic (exact) mass is 309 g/mol. The number of hydrogen-bond donors (Lipinski definition) is 0. The van der Waals surface area contributed by atoms with E-state index in [0.717, 1.165) is 45.7 Å². The highest BCUT2D eigenvalue weighted by Gasteiger charge is 2.36. The van der Waals surface area contributed by atoms with E-state index < -0.39 is 0 Å². The summed E-state index contributed by atoms with van der Waals surface area (Å²) in [4.78, 5) is 19.8. The maximum absolute atomic E-state index is 12.7. The van der Waals surface area contributed by atoms with Gasteiger partial charge >= 0.3 is 0 Å². The fourth-order valence-corrected chi connectivity index (χ4v) is 3.58. The molecule has 0 unspecified atom stereocenters. The first-order valence-corrected chi connectivity index (χ1v) is 9.01. The topological polar surface area (TPSA) is 26.8 Å². The van der Waals surface area contributed by atoms with Gasteiger partial charge in [-0.05, 0) is 46.6 Å². The van der Waals surface area contributed by atoms with Crippen LogP contribution in [0, 0.1) is 11.8 Å². The summed E-state index contributed by atoms with van der Waals surface area (Å²) in [7, 11) is 0. The molecule has 0 aromatic carbocycles. The van der Waals surface area contributed by atoms with Crippen LogP contribution in [0.2, 0.25) is 0 Å². The Morgan fingerprint density at radius 2 is 1.59 bits per heavy atom. The molecule has 0 spiro atoms. The number of piperazine rings is 1. The zero-order valence-electron chi connectivity index (χ0n) is 15.4. The van der Waals surface area contributed by atoms with Crippen LogP contribution in [0.5, 0.6) is 0 Å². The minimum Gasteiger partial charge on any atom is -0.340 e. The first-order chi connectivity index (χ1) is 10.2. The maximum Gasteiger partial charge on any atom is 0.227 e. The quantitative estimate of drug-likeness (QED) is 0.797. The van der Waals surface area contributed by atoms with Gasteiger partial charge in [0.15, 0.2) is 0 Å². The Bertz CT molecular complexity index is 384. The van der Waals surface area contributed by atoms with Gasteiger partial charge in [0.05, 0.1) is 5.92 Å². The van der Waals surface area contributed by atoms with Gasteiger partial charge in [-0.3, -0.25) is 9.69 Å². The fraction of sp³-hybridized carbons (Fsp3) is 0.944. The van der Waals surface area contributed by atoms with E-state index in [4.69, 9.17) is 0 Å². The summed E-state index contributed by atoms with van der Waals surface area (Å²) in [5, 5.41) is 0. The Morgan fingerprint density at radius 1 is 1.00 bits per heavy atom. The van der Waals surface area contributed by atoms with E-state index in [9.17, 15) is 4.79 Å². The van der Waals surface area contributed by atoms with Crippen LogP contribution in [0.3, 0.4) is 0 Å². The highest BCUT2D eigenvalue weighted by Crippen LogP contribution is 2.26. The summed E-state index contributed by atoms with van der Waals surface area (Å²) in [6.07, 6.45) is 1.04. The van der Waals surface area contributed by atoms with Gasteiger partial charge in [-0.25, -0.2) is 0 Å². The molecule has 0 saturated carbocycles. The van der Waals surface area contributed by atoms with Gasteiger partial charge in [0, 0.05) is 44.3 Å². The molecular weight excluding hydrogens is 274 g/mol. The average molecular weight is 309 g/mol. The molecule has 0 radical (unpaired) electrons. The third-order valence-corrected chi connectivity index (χ3v) is 6.12. The number of rotatable bonds is 4. The Morgan fingerprint density at radius 3 is 2.05 bits per heavy atom. The molecule has 0 aliphatic carbocycles. The van der Waals surface area contributed by atoms with Crippen LogP contribution in [0.15, 0.2) is 0 Å². The van der Waals surface area contributed by atoms with Gasteiger partial charge in [-0.15, -0.1) is 0 Å². The molecule has 2 saturated heterocycles. The van der Waals surface area contributed by atoms with E-state index in [1.54, 1.807) is 0 Å². The molecular formula is C18H35N3O. The Kier molecular flexibility index (Phi) is 5.54. The Labute approximate surface area is 136 Å². The summed E-state index contributed by atoms with van der Waals surface area (Å²) in [5.41, 5.74) is 0.219. The van der Waals surface area contributed by atoms with Gasteiger partial charge in [0.2, 0.25) is 5.91 Å². The summed E-state index contributed by atoms with van der Waals surface area (Å²) in [6.45, 7) is 19.5. The summed E-state index contributed by atoms with van der Waals surface area (Å²) in [5.74, 6) is 1.25. The first kappa shape index (κ1) is 17.7. The molecule has 2 rings (SSSR count). The van der Waals surface area contributed by atoms with E-state index in [0.29, 0.717) is 17.9 Å². The number of carbonyl (C=O) groups excluding carboxylic acids is 1. The molecule has 0 N–H and O–H groups in total. The van der Waals surface area contributed by atoms with Gasteiger partial charge in [-0.2, -0.15) is 0 Å². The van der Waals surface area contributed by atoms with Crippen molar-refractivity contribution in [2.24, 2.45) is 11.8 Å². The standard InChI is InChI=1S/C18H35N3O/c1-14(2)18(5,6)21-11-9-19(10-12-21)17(22)16-7-8-20(13-16)15(3)4/h14-16H,7-13H2,1-6H3/t16-/m1/s1. The van der Waals surface area contributed by atoms with E-state index in [2.05, 4.69) is 56.2 Å². The van der Waals surface area contributed by atoms with Crippen molar-refractivity contribution in [1.82, 2.24) is 14.7 Å². The van der Waals surface area contributed by atoms with E-state index in [-0.39, 0.29) is 11.5 Å². The molecule has 2 aliphatic rings. The normalized spacial score (nSPS) is 25.5. The molecule has 128 valence electrons. The van der Waals surface area contributed by atoms with Crippen LogP contribution in [0.25, 0.3) is 0 Å². The minimum absolute atomic E-state index is 0.219. The zero-order valence-corrected chi connectivity index (χ0v) is 15.4. The van der Waals surface area contributed by atoms with Crippen LogP contribution in [0.4, 0.5) is 0 Å². The Balaban J connectivity index is 1.86. The summed E-state index contributed by atoms with van der Waals surface area (Å²) < 4.78 is 0. The average Bonchev–Trinajstić information content (AvgIpc) is 2.96. The van der Waals surface area contributed by atoms with E-state index in [1.165, 1.54) is 0 Å². The highest BCUT2D eigenvalue weighted by atomic mass is 16.2. The predicted molar refractivity (Wildman–Crippen MR) is 91.9 cm³/mol. The molecule has 4 nitrogen and oxygen atoms in total. The first-order valence-electron chi connectivity index (χ1n) is 9.01. The zero-order chi connectivity index (χ0) is 16.5. The number of amides is 1. The number of likely N-dealkylation sites (tertiary alicyclic amines) is 1. The van der Waals surface area contributed by atoms with E-state index in [1.807, 2.05) is 0 Å². The molecule has 2 fully saturated rings. The van der Waals surface area contributed by atoms with Gasteiger partial charge in [-0.1, -0.05) is 13.8 Å². The summed E-state index contributed by atoms with van der Waals surface area (Å²) in [6, 6.07) is 0.557. The lowest BCUT2D eigenvalue weighted by atomic mass is 9.88. The van der Waals surface area contributed by atoms with Crippen LogP contribution in [0.1, 0.15) is 48.0 Å². The number of hydrogen-bond acceptors (Lipinski definition) is 3. The molecule has 2 aliphatic heterocycles. The minimum atomic E-state index is 0.219. The molecule has 4 heteroatoms. The third kappa shape index (κ3) is 3.65. The molecule has 0 aromatic rings. The van der Waals surface area contributed by atoms with Gasteiger partial charge < -0.3 is 9.80 Å². The van der Waals surface area contributed by atoms with Crippen molar-refractivity contribution in [3.8, 4) is 0 Å². The van der Waals surface area contributed by atoms with Crippen molar-refractivity contribution in [3.05, 3.63) is 0 Å². The molecule has 1 amide bonds. The fourth-order valence-electron chi connectivity index (χ4n) is 3.58. The van der Waals surface area contributed by atoms with Crippen molar-refractivity contribution in [3.63, 3.8) is 0 Å². The highest BCUT2D eigenvalue weighted by molar-refractivity contribution is 5.79. The molecule has 0 bridgehead atoms. The van der Waals surface area contributed by atoms with Crippen LogP contribution in [-0.4, -0.2) is 71.5 Å².